The number of carbonyl (C=O) groups excluding carboxylic acids is 1. The van der Waals surface area contributed by atoms with E-state index in [-0.39, 0.29) is 5.91 Å². The van der Waals surface area contributed by atoms with Gasteiger partial charge in [0.2, 0.25) is 5.91 Å². The van der Waals surface area contributed by atoms with Crippen molar-refractivity contribution in [3.05, 3.63) is 46.1 Å². The van der Waals surface area contributed by atoms with Crippen molar-refractivity contribution in [1.82, 2.24) is 14.9 Å². The zero-order valence-corrected chi connectivity index (χ0v) is 22.0. The minimum atomic E-state index is 0.187. The Bertz CT molecular complexity index is 1180. The van der Waals surface area contributed by atoms with E-state index in [4.69, 9.17) is 14.7 Å². The van der Waals surface area contributed by atoms with Gasteiger partial charge in [-0.15, -0.1) is 11.3 Å². The highest BCUT2D eigenvalue weighted by atomic mass is 32.1. The fraction of sp³-hybridized carbons (Fsp3) is 0.536. The van der Waals surface area contributed by atoms with Gasteiger partial charge in [-0.3, -0.25) is 4.79 Å². The standard InChI is InChI=1S/C28H36N4O2S/c1-4-19(2)26-29-27(25-22-8-6-5-7-9-23(22)35-28(25)30-26)32-16-14-31(15-17-32)24(33)18-20-10-12-21(34-3)13-11-20/h10-13,19H,4-9,14-18H2,1-3H3/t19-/m0/s1. The van der Waals surface area contributed by atoms with Crippen LogP contribution in [0.5, 0.6) is 5.75 Å². The van der Waals surface area contributed by atoms with Crippen molar-refractivity contribution in [3.8, 4) is 5.75 Å². The Kier molecular flexibility index (Phi) is 7.23. The van der Waals surface area contributed by atoms with Gasteiger partial charge in [0.05, 0.1) is 18.9 Å². The highest BCUT2D eigenvalue weighted by molar-refractivity contribution is 7.19. The summed E-state index contributed by atoms with van der Waals surface area (Å²) in [5.74, 6) is 3.41. The summed E-state index contributed by atoms with van der Waals surface area (Å²) >= 11 is 1.89. The first-order valence-electron chi connectivity index (χ1n) is 13.0. The highest BCUT2D eigenvalue weighted by Gasteiger charge is 2.27. The van der Waals surface area contributed by atoms with Gasteiger partial charge in [0.15, 0.2) is 0 Å². The largest absolute Gasteiger partial charge is 0.497 e. The lowest BCUT2D eigenvalue weighted by Crippen LogP contribution is -2.49. The van der Waals surface area contributed by atoms with E-state index < -0.39 is 0 Å². The van der Waals surface area contributed by atoms with Crippen molar-refractivity contribution in [2.75, 3.05) is 38.2 Å². The van der Waals surface area contributed by atoms with Gasteiger partial charge in [-0.05, 0) is 55.4 Å². The molecule has 1 amide bonds. The summed E-state index contributed by atoms with van der Waals surface area (Å²) in [6.45, 7) is 7.50. The average Bonchev–Trinajstić information content (AvgIpc) is 3.08. The molecule has 1 aliphatic carbocycles. The van der Waals surface area contributed by atoms with Crippen LogP contribution in [0.3, 0.4) is 0 Å². The number of aromatic nitrogens is 2. The smallest absolute Gasteiger partial charge is 0.227 e. The second kappa shape index (κ2) is 10.5. The number of amides is 1. The van der Waals surface area contributed by atoms with Crippen LogP contribution in [-0.4, -0.2) is 54.1 Å². The van der Waals surface area contributed by atoms with Crippen LogP contribution in [0, 0.1) is 0 Å². The number of ether oxygens (including phenoxy) is 1. The van der Waals surface area contributed by atoms with Gasteiger partial charge in [-0.25, -0.2) is 9.97 Å². The molecule has 2 aliphatic rings. The van der Waals surface area contributed by atoms with E-state index in [0.717, 1.165) is 66.8 Å². The predicted octanol–water partition coefficient (Wildman–Crippen LogP) is 5.37. The zero-order chi connectivity index (χ0) is 24.4. The fourth-order valence-electron chi connectivity index (χ4n) is 5.16. The molecule has 2 aromatic heterocycles. The summed E-state index contributed by atoms with van der Waals surface area (Å²) in [7, 11) is 1.66. The van der Waals surface area contributed by atoms with E-state index in [0.29, 0.717) is 12.3 Å². The Morgan fingerprint density at radius 2 is 1.80 bits per heavy atom. The molecule has 0 spiro atoms. The number of thiophene rings is 1. The third-order valence-corrected chi connectivity index (χ3v) is 8.75. The predicted molar refractivity (Wildman–Crippen MR) is 143 cm³/mol. The van der Waals surface area contributed by atoms with Crippen LogP contribution in [0.15, 0.2) is 24.3 Å². The number of methoxy groups -OCH3 is 1. The van der Waals surface area contributed by atoms with Crippen molar-refractivity contribution in [2.45, 2.75) is 64.7 Å². The number of carbonyl (C=O) groups is 1. The van der Waals surface area contributed by atoms with Crippen molar-refractivity contribution < 1.29 is 9.53 Å². The maximum atomic E-state index is 13.0. The van der Waals surface area contributed by atoms with Crippen LogP contribution in [-0.2, 0) is 24.1 Å². The highest BCUT2D eigenvalue weighted by Crippen LogP contribution is 2.40. The monoisotopic (exact) mass is 492 g/mol. The molecule has 186 valence electrons. The van der Waals surface area contributed by atoms with Crippen LogP contribution in [0.25, 0.3) is 10.2 Å². The van der Waals surface area contributed by atoms with E-state index in [1.807, 2.05) is 40.5 Å². The lowest BCUT2D eigenvalue weighted by Gasteiger charge is -2.36. The van der Waals surface area contributed by atoms with E-state index in [9.17, 15) is 4.79 Å². The summed E-state index contributed by atoms with van der Waals surface area (Å²) in [6.07, 6.45) is 7.59. The first-order valence-corrected chi connectivity index (χ1v) is 13.9. The third kappa shape index (κ3) is 5.01. The Morgan fingerprint density at radius 1 is 1.06 bits per heavy atom. The van der Waals surface area contributed by atoms with E-state index in [1.165, 1.54) is 41.5 Å². The second-order valence-corrected chi connectivity index (χ2v) is 10.9. The number of hydrogen-bond donors (Lipinski definition) is 0. The number of fused-ring (bicyclic) bond motifs is 3. The van der Waals surface area contributed by atoms with Gasteiger partial charge < -0.3 is 14.5 Å². The van der Waals surface area contributed by atoms with Crippen molar-refractivity contribution >= 4 is 33.3 Å². The number of benzene rings is 1. The lowest BCUT2D eigenvalue weighted by atomic mass is 10.1. The minimum Gasteiger partial charge on any atom is -0.497 e. The number of nitrogens with zero attached hydrogens (tertiary/aromatic N) is 4. The summed E-state index contributed by atoms with van der Waals surface area (Å²) in [5, 5.41) is 1.29. The van der Waals surface area contributed by atoms with Crippen LogP contribution < -0.4 is 9.64 Å². The molecule has 1 fully saturated rings. The van der Waals surface area contributed by atoms with Crippen molar-refractivity contribution in [2.24, 2.45) is 0 Å². The van der Waals surface area contributed by atoms with Crippen molar-refractivity contribution in [3.63, 3.8) is 0 Å². The van der Waals surface area contributed by atoms with E-state index in [1.54, 1.807) is 7.11 Å². The molecule has 7 heteroatoms. The molecule has 1 aromatic carbocycles. The molecular formula is C28H36N4O2S. The SMILES string of the molecule is CC[C@H](C)c1nc(N2CCN(C(=O)Cc3ccc(OC)cc3)CC2)c2c3c(sc2n1)CCCCC3. The second-order valence-electron chi connectivity index (χ2n) is 9.85. The molecule has 0 saturated carbocycles. The number of anilines is 1. The molecule has 5 rings (SSSR count). The van der Waals surface area contributed by atoms with Gasteiger partial charge in [0, 0.05) is 37.0 Å². The molecular weight excluding hydrogens is 456 g/mol. The molecule has 0 unspecified atom stereocenters. The van der Waals surface area contributed by atoms with Gasteiger partial charge in [-0.2, -0.15) is 0 Å². The third-order valence-electron chi connectivity index (χ3n) is 7.56. The number of piperazine rings is 1. The Morgan fingerprint density at radius 3 is 2.51 bits per heavy atom. The first kappa shape index (κ1) is 24.0. The molecule has 0 radical (unpaired) electrons. The summed E-state index contributed by atoms with van der Waals surface area (Å²) < 4.78 is 5.23. The molecule has 1 saturated heterocycles. The zero-order valence-electron chi connectivity index (χ0n) is 21.2. The molecule has 0 bridgehead atoms. The Labute approximate surface area is 212 Å². The van der Waals surface area contributed by atoms with Crippen LogP contribution >= 0.6 is 11.3 Å². The quantitative estimate of drug-likeness (QED) is 0.433. The molecule has 1 atom stereocenters. The first-order chi connectivity index (χ1) is 17.1. The molecule has 3 heterocycles. The molecule has 6 nitrogen and oxygen atoms in total. The fourth-order valence-corrected chi connectivity index (χ4v) is 6.42. The lowest BCUT2D eigenvalue weighted by molar-refractivity contribution is -0.130. The van der Waals surface area contributed by atoms with Gasteiger partial charge >= 0.3 is 0 Å². The van der Waals surface area contributed by atoms with Crippen LogP contribution in [0.1, 0.15) is 67.3 Å². The Hall–Kier alpha value is -2.67. The van der Waals surface area contributed by atoms with Gasteiger partial charge in [0.25, 0.3) is 0 Å². The van der Waals surface area contributed by atoms with Gasteiger partial charge in [0.1, 0.15) is 22.2 Å². The van der Waals surface area contributed by atoms with Crippen molar-refractivity contribution in [1.29, 1.82) is 0 Å². The topological polar surface area (TPSA) is 58.6 Å². The molecule has 0 N–H and O–H groups in total. The van der Waals surface area contributed by atoms with Crippen LogP contribution in [0.4, 0.5) is 5.82 Å². The van der Waals surface area contributed by atoms with Crippen LogP contribution in [0.2, 0.25) is 0 Å². The minimum absolute atomic E-state index is 0.187. The van der Waals surface area contributed by atoms with E-state index in [2.05, 4.69) is 18.7 Å². The maximum Gasteiger partial charge on any atom is 0.227 e. The molecule has 35 heavy (non-hydrogen) atoms. The average molecular weight is 493 g/mol. The van der Waals surface area contributed by atoms with Gasteiger partial charge in [-0.1, -0.05) is 32.4 Å². The molecule has 3 aromatic rings. The van der Waals surface area contributed by atoms with E-state index >= 15 is 0 Å². The summed E-state index contributed by atoms with van der Waals surface area (Å²) in [4.78, 5) is 30.3. The normalized spacial score (nSPS) is 17.2. The number of rotatable bonds is 6. The maximum absolute atomic E-state index is 13.0. The number of aryl methyl sites for hydroxylation is 2. The molecule has 1 aliphatic heterocycles. The summed E-state index contributed by atoms with van der Waals surface area (Å²) in [5.41, 5.74) is 2.51. The number of hydrogen-bond acceptors (Lipinski definition) is 6. The Balaban J connectivity index is 1.36. The summed E-state index contributed by atoms with van der Waals surface area (Å²) in [6, 6.07) is 7.78.